The Labute approximate surface area is 450 Å². The maximum Gasteiger partial charge on any atom is 0.246 e. The molecule has 2 aliphatic rings. The maximum absolute atomic E-state index is 14.0. The average Bonchev–Trinajstić information content (AvgIpc) is 4.16. The number of hydrogen-bond acceptors (Lipinski definition) is 14. The molecule has 3 aromatic heterocycles. The minimum absolute atomic E-state index is 0.0311. The van der Waals surface area contributed by atoms with Gasteiger partial charge in [0.15, 0.2) is 5.65 Å². The maximum atomic E-state index is 14.0. The van der Waals surface area contributed by atoms with E-state index in [1.165, 1.54) is 11.2 Å². The Morgan fingerprint density at radius 1 is 0.816 bits per heavy atom. The number of β-amino-alcohol motifs (C(OH)–C–C–N with tert-alkyl or cyclic N) is 1. The first-order valence-corrected chi connectivity index (χ1v) is 27.9. The largest absolute Gasteiger partial charge is 0.457 e. The summed E-state index contributed by atoms with van der Waals surface area (Å²) in [5, 5.41) is 22.4. The minimum Gasteiger partial charge on any atom is -0.457 e. The zero-order valence-corrected chi connectivity index (χ0v) is 45.4. The SMILES string of the molecule is Cc1ncsc1-c1ccc(CNC(=O)[C@@H]2C[C@@H](O)CN2C(=O)[C@@H](NC(=O)CCCCCOCCOCCCCCCN2CCC(n3nc(-c4ccc(Oc5ccccc5)cc4)c4c(N)ncnc43)CC2)C(C)(C)C)cc1. The van der Waals surface area contributed by atoms with Gasteiger partial charge in [-0.25, -0.2) is 19.6 Å². The number of aryl methyl sites for hydroxylation is 1. The number of likely N-dealkylation sites (tertiary alicyclic amines) is 2. The number of piperidine rings is 1. The Bertz CT molecular complexity index is 2790. The van der Waals surface area contributed by atoms with Crippen LogP contribution < -0.4 is 21.1 Å². The smallest absolute Gasteiger partial charge is 0.246 e. The highest BCUT2D eigenvalue weighted by Crippen LogP contribution is 2.36. The van der Waals surface area contributed by atoms with Crippen molar-refractivity contribution < 1.29 is 33.7 Å². The van der Waals surface area contributed by atoms with Gasteiger partial charge in [0.1, 0.15) is 41.4 Å². The number of carbonyl (C=O) groups is 3. The number of para-hydroxylation sites is 1. The number of nitrogen functional groups attached to an aromatic ring is 1. The van der Waals surface area contributed by atoms with Crippen molar-refractivity contribution in [2.45, 2.75) is 129 Å². The molecule has 2 aliphatic heterocycles. The van der Waals surface area contributed by atoms with Gasteiger partial charge in [0, 0.05) is 57.8 Å². The third-order valence-electron chi connectivity index (χ3n) is 14.3. The van der Waals surface area contributed by atoms with Crippen LogP contribution in [0.1, 0.15) is 109 Å². The highest BCUT2D eigenvalue weighted by molar-refractivity contribution is 7.13. The van der Waals surface area contributed by atoms with Crippen LogP contribution >= 0.6 is 11.3 Å². The standard InChI is InChI=1S/C58H76N10O7S/c1-40-52(76-39-63-40)43-20-18-41(19-21-43)36-60-56(71)48-35-45(69)37-67(48)57(72)53(58(2,3)4)64-49(70)17-11-8-14-32-74-34-33-73-31-13-6-5-12-28-66-29-26-44(27-30-66)68-55-50(54(59)61-38-62-55)51(65-68)42-22-24-47(25-23-42)75-46-15-9-7-10-16-46/h7,9-10,15-16,18-25,38-39,44-45,48,53,69H,5-6,8,11-14,17,26-37H2,1-4H3,(H,60,71)(H,64,70)(H2,59,61,62)/t45-,48+,53-/m1/s1. The molecule has 5 heterocycles. The van der Waals surface area contributed by atoms with Crippen molar-refractivity contribution >= 4 is 45.9 Å². The summed E-state index contributed by atoms with van der Waals surface area (Å²) in [6.07, 6.45) is 9.84. The van der Waals surface area contributed by atoms with E-state index in [0.717, 1.165) is 133 Å². The van der Waals surface area contributed by atoms with Crippen molar-refractivity contribution in [3.05, 3.63) is 102 Å². The fourth-order valence-corrected chi connectivity index (χ4v) is 10.9. The zero-order chi connectivity index (χ0) is 53.4. The molecule has 0 bridgehead atoms. The van der Waals surface area contributed by atoms with E-state index in [4.69, 9.17) is 25.0 Å². The number of rotatable bonds is 26. The molecular formula is C58H76N10O7S. The van der Waals surface area contributed by atoms with E-state index in [-0.39, 0.29) is 49.7 Å². The molecule has 18 heteroatoms. The summed E-state index contributed by atoms with van der Waals surface area (Å²) in [6, 6.07) is 24.1. The molecule has 0 radical (unpaired) electrons. The fourth-order valence-electron chi connectivity index (χ4n) is 10.0. The lowest BCUT2D eigenvalue weighted by atomic mass is 9.85. The van der Waals surface area contributed by atoms with E-state index in [1.54, 1.807) is 11.3 Å². The zero-order valence-electron chi connectivity index (χ0n) is 44.6. The van der Waals surface area contributed by atoms with Crippen molar-refractivity contribution in [2.24, 2.45) is 5.41 Å². The summed E-state index contributed by atoms with van der Waals surface area (Å²) < 4.78 is 19.7. The lowest BCUT2D eigenvalue weighted by Gasteiger charge is -2.35. The van der Waals surface area contributed by atoms with Gasteiger partial charge in [0.25, 0.3) is 0 Å². The minimum atomic E-state index is -0.858. The molecule has 406 valence electrons. The van der Waals surface area contributed by atoms with E-state index in [2.05, 4.69) is 35.2 Å². The summed E-state index contributed by atoms with van der Waals surface area (Å²) in [6.45, 7) is 13.5. The Balaban J connectivity index is 0.648. The van der Waals surface area contributed by atoms with E-state index < -0.39 is 23.6 Å². The monoisotopic (exact) mass is 1060 g/mol. The Morgan fingerprint density at radius 3 is 2.17 bits per heavy atom. The third-order valence-corrected chi connectivity index (χ3v) is 15.3. The number of nitrogens with two attached hydrogens (primary N) is 1. The van der Waals surface area contributed by atoms with E-state index >= 15 is 0 Å². The number of fused-ring (bicyclic) bond motifs is 1. The number of aromatic nitrogens is 5. The van der Waals surface area contributed by atoms with E-state index in [9.17, 15) is 19.5 Å². The summed E-state index contributed by atoms with van der Waals surface area (Å²) in [5.74, 6) is 1.05. The van der Waals surface area contributed by atoms with Gasteiger partial charge in [-0.2, -0.15) is 5.10 Å². The first-order valence-electron chi connectivity index (χ1n) is 27.1. The molecule has 0 unspecified atom stereocenters. The number of amides is 3. The lowest BCUT2D eigenvalue weighted by Crippen LogP contribution is -2.57. The number of anilines is 1. The van der Waals surface area contributed by atoms with Crippen LogP contribution in [0.4, 0.5) is 5.82 Å². The second kappa shape index (κ2) is 27.1. The van der Waals surface area contributed by atoms with Crippen molar-refractivity contribution in [1.82, 2.24) is 45.2 Å². The summed E-state index contributed by atoms with van der Waals surface area (Å²) in [7, 11) is 0. The highest BCUT2D eigenvalue weighted by atomic mass is 32.1. The molecule has 17 nitrogen and oxygen atoms in total. The number of aliphatic hydroxyl groups excluding tert-OH is 1. The Hall–Kier alpha value is -6.31. The van der Waals surface area contributed by atoms with Gasteiger partial charge < -0.3 is 45.5 Å². The molecule has 0 saturated carbocycles. The molecule has 0 aliphatic carbocycles. The van der Waals surface area contributed by atoms with Gasteiger partial charge >= 0.3 is 0 Å². The lowest BCUT2D eigenvalue weighted by molar-refractivity contribution is -0.144. The van der Waals surface area contributed by atoms with E-state index in [0.29, 0.717) is 32.1 Å². The molecule has 3 amide bonds. The average molecular weight is 1060 g/mol. The quantitative estimate of drug-likeness (QED) is 0.0374. The molecule has 2 saturated heterocycles. The van der Waals surface area contributed by atoms with Crippen LogP contribution in [0.25, 0.3) is 32.7 Å². The van der Waals surface area contributed by atoms with Crippen molar-refractivity contribution in [3.8, 4) is 33.2 Å². The second-order valence-electron chi connectivity index (χ2n) is 21.2. The number of thiazole rings is 1. The van der Waals surface area contributed by atoms with Crippen LogP contribution in [0.2, 0.25) is 0 Å². The number of unbranched alkanes of at least 4 members (excludes halogenated alkanes) is 5. The predicted molar refractivity (Wildman–Crippen MR) is 297 cm³/mol. The number of nitrogens with one attached hydrogen (secondary N) is 2. The molecule has 2 fully saturated rings. The number of ether oxygens (including phenoxy) is 3. The number of carbonyl (C=O) groups excluding carboxylic acids is 3. The van der Waals surface area contributed by atoms with Crippen LogP contribution in [0.3, 0.4) is 0 Å². The van der Waals surface area contributed by atoms with Crippen molar-refractivity contribution in [2.75, 3.05) is 58.3 Å². The van der Waals surface area contributed by atoms with Gasteiger partial charge in [0.05, 0.1) is 46.8 Å². The fraction of sp³-hybridized carbons (Fsp3) is 0.500. The van der Waals surface area contributed by atoms with Gasteiger partial charge in [0.2, 0.25) is 17.7 Å². The molecule has 3 aromatic carbocycles. The molecule has 5 N–H and O–H groups in total. The molecule has 8 rings (SSSR count). The topological polar surface area (TPSA) is 212 Å². The number of nitrogens with zero attached hydrogens (tertiary/aromatic N) is 7. The third kappa shape index (κ3) is 15.2. The van der Waals surface area contributed by atoms with Gasteiger partial charge in [-0.15, -0.1) is 11.3 Å². The molecule has 76 heavy (non-hydrogen) atoms. The van der Waals surface area contributed by atoms with Crippen LogP contribution in [0.5, 0.6) is 11.5 Å². The first-order chi connectivity index (χ1) is 36.8. The van der Waals surface area contributed by atoms with Gasteiger partial charge in [-0.05, 0) is 105 Å². The molecule has 0 spiro atoms. The van der Waals surface area contributed by atoms with Crippen molar-refractivity contribution in [1.29, 1.82) is 0 Å². The predicted octanol–water partition coefficient (Wildman–Crippen LogP) is 8.90. The van der Waals surface area contributed by atoms with Crippen LogP contribution in [-0.4, -0.2) is 128 Å². The summed E-state index contributed by atoms with van der Waals surface area (Å²) >= 11 is 1.59. The number of benzene rings is 3. The van der Waals surface area contributed by atoms with Gasteiger partial charge in [-0.1, -0.05) is 82.5 Å². The summed E-state index contributed by atoms with van der Waals surface area (Å²) in [5.41, 5.74) is 13.1. The number of aliphatic hydroxyl groups is 1. The molecular weight excluding hydrogens is 981 g/mol. The Kier molecular flexibility index (Phi) is 20.0. The summed E-state index contributed by atoms with van der Waals surface area (Å²) in [4.78, 5) is 59.0. The Morgan fingerprint density at radius 2 is 1.49 bits per heavy atom. The van der Waals surface area contributed by atoms with Crippen molar-refractivity contribution in [3.63, 3.8) is 0 Å². The normalized spacial score (nSPS) is 16.8. The van der Waals surface area contributed by atoms with E-state index in [1.807, 2.05) is 112 Å². The van der Waals surface area contributed by atoms with Crippen LogP contribution in [0, 0.1) is 12.3 Å². The second-order valence-corrected chi connectivity index (χ2v) is 22.0. The van der Waals surface area contributed by atoms with Crippen LogP contribution in [-0.2, 0) is 30.4 Å². The van der Waals surface area contributed by atoms with Gasteiger partial charge in [-0.3, -0.25) is 14.4 Å². The number of hydrogen-bond donors (Lipinski definition) is 4. The molecule has 6 aromatic rings. The first kappa shape index (κ1) is 55.9. The van der Waals surface area contributed by atoms with Crippen LogP contribution in [0.15, 0.2) is 90.7 Å². The highest BCUT2D eigenvalue weighted by Gasteiger charge is 2.44. The molecule has 3 atom stereocenters.